The van der Waals surface area contributed by atoms with Gasteiger partial charge in [0.05, 0.1) is 17.8 Å². The van der Waals surface area contributed by atoms with Gasteiger partial charge in [-0.3, -0.25) is 0 Å². The van der Waals surface area contributed by atoms with Crippen molar-refractivity contribution in [3.8, 4) is 0 Å². The van der Waals surface area contributed by atoms with Crippen molar-refractivity contribution in [2.75, 3.05) is 6.61 Å². The Kier molecular flexibility index (Phi) is 3.93. The third kappa shape index (κ3) is 2.37. The molecule has 0 aromatic rings. The van der Waals surface area contributed by atoms with Crippen molar-refractivity contribution in [1.29, 1.82) is 0 Å². The van der Waals surface area contributed by atoms with E-state index in [-0.39, 0.29) is 16.6 Å². The average Bonchev–Trinajstić information content (AvgIpc) is 2.56. The monoisotopic (exact) mass is 296 g/mol. The first-order chi connectivity index (χ1) is 9.14. The van der Waals surface area contributed by atoms with E-state index in [1.807, 2.05) is 6.92 Å². The summed E-state index contributed by atoms with van der Waals surface area (Å²) in [6, 6.07) is 0. The number of ether oxygens (including phenoxy) is 1. The van der Waals surface area contributed by atoms with E-state index in [1.165, 1.54) is 0 Å². The van der Waals surface area contributed by atoms with Crippen molar-refractivity contribution < 1.29 is 14.0 Å². The first-order valence-electron chi connectivity index (χ1n) is 7.73. The van der Waals surface area contributed by atoms with Crippen molar-refractivity contribution >= 4 is 14.3 Å². The number of carbonyl (C=O) groups excluding carboxylic acids is 1. The second-order valence-electron chi connectivity index (χ2n) is 7.55. The predicted molar refractivity (Wildman–Crippen MR) is 83.1 cm³/mol. The van der Waals surface area contributed by atoms with Gasteiger partial charge in [-0.15, -0.1) is 0 Å². The minimum Gasteiger partial charge on any atom is -0.463 e. The molecule has 0 unspecified atom stereocenters. The highest BCUT2D eigenvalue weighted by atomic mass is 28.4. The van der Waals surface area contributed by atoms with E-state index in [4.69, 9.17) is 9.16 Å². The van der Waals surface area contributed by atoms with E-state index >= 15 is 0 Å². The zero-order chi connectivity index (χ0) is 15.2. The van der Waals surface area contributed by atoms with Crippen LogP contribution in [0.3, 0.4) is 0 Å². The SMILES string of the molecule is CCOC(=O)C1=C[C@@H]2CCC[C@]12O[Si](C)(C)C(C)(C)C. The van der Waals surface area contributed by atoms with E-state index in [9.17, 15) is 4.79 Å². The van der Waals surface area contributed by atoms with Gasteiger partial charge in [0, 0.05) is 5.92 Å². The van der Waals surface area contributed by atoms with Gasteiger partial charge in [-0.05, 0) is 44.3 Å². The molecule has 2 rings (SSSR count). The number of esters is 1. The van der Waals surface area contributed by atoms with Gasteiger partial charge in [-0.1, -0.05) is 26.8 Å². The Morgan fingerprint density at radius 3 is 2.60 bits per heavy atom. The molecule has 0 heterocycles. The predicted octanol–water partition coefficient (Wildman–Crippen LogP) is 4.05. The van der Waals surface area contributed by atoms with Crippen LogP contribution in [-0.4, -0.2) is 26.5 Å². The molecule has 20 heavy (non-hydrogen) atoms. The van der Waals surface area contributed by atoms with Crippen molar-refractivity contribution in [1.82, 2.24) is 0 Å². The number of hydrogen-bond acceptors (Lipinski definition) is 3. The molecule has 0 N–H and O–H groups in total. The Balaban J connectivity index is 2.24. The van der Waals surface area contributed by atoms with E-state index in [2.05, 4.69) is 39.9 Å². The molecule has 0 amide bonds. The summed E-state index contributed by atoms with van der Waals surface area (Å²) in [5.41, 5.74) is 0.446. The zero-order valence-electron chi connectivity index (χ0n) is 13.7. The zero-order valence-corrected chi connectivity index (χ0v) is 14.7. The lowest BCUT2D eigenvalue weighted by Gasteiger charge is -2.50. The maximum Gasteiger partial charge on any atom is 0.336 e. The average molecular weight is 296 g/mol. The molecule has 2 aliphatic rings. The van der Waals surface area contributed by atoms with Gasteiger partial charge in [-0.2, -0.15) is 0 Å². The van der Waals surface area contributed by atoms with Crippen molar-refractivity contribution in [3.05, 3.63) is 11.6 Å². The van der Waals surface area contributed by atoms with Crippen LogP contribution in [-0.2, 0) is 14.0 Å². The van der Waals surface area contributed by atoms with Gasteiger partial charge < -0.3 is 9.16 Å². The van der Waals surface area contributed by atoms with Crippen molar-refractivity contribution in [2.24, 2.45) is 5.92 Å². The molecule has 0 radical (unpaired) electrons. The van der Waals surface area contributed by atoms with Crippen LogP contribution >= 0.6 is 0 Å². The summed E-state index contributed by atoms with van der Waals surface area (Å²) in [5, 5.41) is 0.157. The highest BCUT2D eigenvalue weighted by Gasteiger charge is 2.58. The van der Waals surface area contributed by atoms with E-state index in [1.54, 1.807) is 0 Å². The van der Waals surface area contributed by atoms with Crippen LogP contribution in [0.2, 0.25) is 18.1 Å². The molecule has 0 bridgehead atoms. The first kappa shape index (κ1) is 15.8. The smallest absolute Gasteiger partial charge is 0.336 e. The Morgan fingerprint density at radius 2 is 2.10 bits per heavy atom. The fraction of sp³-hybridized carbons (Fsp3) is 0.812. The highest BCUT2D eigenvalue weighted by Crippen LogP contribution is 2.55. The lowest BCUT2D eigenvalue weighted by atomic mass is 9.72. The van der Waals surface area contributed by atoms with Gasteiger partial charge in [0.2, 0.25) is 0 Å². The molecule has 1 fully saturated rings. The number of fused-ring (bicyclic) bond motifs is 1. The second kappa shape index (κ2) is 4.99. The quantitative estimate of drug-likeness (QED) is 0.580. The molecule has 1 saturated carbocycles. The van der Waals surface area contributed by atoms with Crippen LogP contribution in [0.5, 0.6) is 0 Å². The van der Waals surface area contributed by atoms with Gasteiger partial charge in [0.1, 0.15) is 0 Å². The van der Waals surface area contributed by atoms with Crippen LogP contribution < -0.4 is 0 Å². The molecular formula is C16H28O3Si. The lowest BCUT2D eigenvalue weighted by Crippen LogP contribution is -2.57. The van der Waals surface area contributed by atoms with Gasteiger partial charge in [-0.25, -0.2) is 4.79 Å². The first-order valence-corrected chi connectivity index (χ1v) is 10.6. The normalized spacial score (nSPS) is 29.5. The fourth-order valence-electron chi connectivity index (χ4n) is 3.04. The second-order valence-corrected chi connectivity index (χ2v) is 12.3. The summed E-state index contributed by atoms with van der Waals surface area (Å²) in [6.07, 6.45) is 5.32. The highest BCUT2D eigenvalue weighted by molar-refractivity contribution is 6.74. The summed E-state index contributed by atoms with van der Waals surface area (Å²) < 4.78 is 11.9. The summed E-state index contributed by atoms with van der Waals surface area (Å²) in [4.78, 5) is 12.2. The maximum absolute atomic E-state index is 12.2. The lowest BCUT2D eigenvalue weighted by molar-refractivity contribution is -0.142. The molecule has 114 valence electrons. The Labute approximate surface area is 123 Å². The van der Waals surface area contributed by atoms with Gasteiger partial charge >= 0.3 is 5.97 Å². The number of rotatable bonds is 4. The molecule has 0 aliphatic heterocycles. The molecule has 2 atom stereocenters. The summed E-state index contributed by atoms with van der Waals surface area (Å²) in [5.74, 6) is 0.236. The summed E-state index contributed by atoms with van der Waals surface area (Å²) in [6.45, 7) is 13.5. The van der Waals surface area contributed by atoms with E-state index in [0.29, 0.717) is 12.5 Å². The van der Waals surface area contributed by atoms with Gasteiger partial charge in [0.25, 0.3) is 0 Å². The van der Waals surface area contributed by atoms with Crippen molar-refractivity contribution in [3.63, 3.8) is 0 Å². The van der Waals surface area contributed by atoms with Crippen molar-refractivity contribution in [2.45, 2.75) is 70.7 Å². The Bertz CT molecular complexity index is 433. The standard InChI is InChI=1S/C16H28O3Si/c1-7-18-14(17)13-11-12-9-8-10-16(12,13)19-20(5,6)15(2,3)4/h11-12H,7-10H2,1-6H3/t12-,16+/m0/s1. The molecule has 4 heteroatoms. The Morgan fingerprint density at radius 1 is 1.45 bits per heavy atom. The van der Waals surface area contributed by atoms with Crippen LogP contribution in [0.4, 0.5) is 0 Å². The van der Waals surface area contributed by atoms with Gasteiger partial charge in [0.15, 0.2) is 8.32 Å². The van der Waals surface area contributed by atoms with Crippen LogP contribution in [0.15, 0.2) is 11.6 Å². The number of carbonyl (C=O) groups is 1. The largest absolute Gasteiger partial charge is 0.463 e. The third-order valence-corrected chi connectivity index (χ3v) is 9.71. The minimum absolute atomic E-state index is 0.157. The maximum atomic E-state index is 12.2. The molecule has 0 aromatic heterocycles. The summed E-state index contributed by atoms with van der Waals surface area (Å²) in [7, 11) is -1.89. The molecule has 3 nitrogen and oxygen atoms in total. The molecule has 0 spiro atoms. The summed E-state index contributed by atoms with van der Waals surface area (Å²) >= 11 is 0. The minimum atomic E-state index is -1.89. The van der Waals surface area contributed by atoms with Crippen LogP contribution in [0.1, 0.15) is 47.0 Å². The van der Waals surface area contributed by atoms with E-state index < -0.39 is 8.32 Å². The molecule has 0 saturated heterocycles. The third-order valence-electron chi connectivity index (χ3n) is 5.22. The number of hydrogen-bond donors (Lipinski definition) is 0. The molecule has 2 aliphatic carbocycles. The van der Waals surface area contributed by atoms with Crippen LogP contribution in [0, 0.1) is 5.92 Å². The Hall–Kier alpha value is -0.613. The molecular weight excluding hydrogens is 268 g/mol. The van der Waals surface area contributed by atoms with E-state index in [0.717, 1.165) is 24.8 Å². The molecule has 0 aromatic carbocycles. The fourth-order valence-corrected chi connectivity index (χ4v) is 4.62. The topological polar surface area (TPSA) is 35.5 Å². The van der Waals surface area contributed by atoms with Crippen LogP contribution in [0.25, 0.3) is 0 Å².